The highest BCUT2D eigenvalue weighted by Gasteiger charge is 2.42. The summed E-state index contributed by atoms with van der Waals surface area (Å²) in [6.45, 7) is 3.65. The molecule has 4 nitrogen and oxygen atoms in total. The van der Waals surface area contributed by atoms with Gasteiger partial charge in [0.15, 0.2) is 0 Å². The molecule has 0 aromatic heterocycles. The van der Waals surface area contributed by atoms with E-state index in [1.165, 1.54) is 12.1 Å². The van der Waals surface area contributed by atoms with Gasteiger partial charge < -0.3 is 10.2 Å². The molecule has 1 aromatic carbocycles. The lowest BCUT2D eigenvalue weighted by molar-refractivity contribution is -0.138. The molecule has 3 heterocycles. The van der Waals surface area contributed by atoms with Crippen molar-refractivity contribution in [2.75, 3.05) is 19.6 Å². The van der Waals surface area contributed by atoms with Crippen molar-refractivity contribution in [3.05, 3.63) is 35.6 Å². The van der Waals surface area contributed by atoms with Gasteiger partial charge in [-0.3, -0.25) is 9.69 Å². The quantitative estimate of drug-likeness (QED) is 0.922. The molecule has 130 valence electrons. The maximum Gasteiger partial charge on any atom is 0.240 e. The maximum atomic E-state index is 13.3. The number of amides is 1. The Morgan fingerprint density at radius 3 is 2.75 bits per heavy atom. The molecule has 3 aliphatic heterocycles. The standard InChI is InChI=1S/C19H26FN3O/c20-15-5-3-14(4-6-15)13-22-11-1-2-18(22)19(24)23-16-7-8-17(23)12-21-10-9-16/h3-6,16-18,21H,1-2,7-13H2. The Bertz CT molecular complexity index is 577. The molecule has 0 aliphatic carbocycles. The van der Waals surface area contributed by atoms with E-state index in [1.807, 2.05) is 12.1 Å². The van der Waals surface area contributed by atoms with Crippen LogP contribution in [0.2, 0.25) is 0 Å². The number of likely N-dealkylation sites (tertiary alicyclic amines) is 1. The fourth-order valence-corrected chi connectivity index (χ4v) is 4.63. The minimum absolute atomic E-state index is 0.00347. The Balaban J connectivity index is 1.47. The number of hydrogen-bond donors (Lipinski definition) is 1. The zero-order chi connectivity index (χ0) is 16.5. The molecule has 0 spiro atoms. The minimum Gasteiger partial charge on any atom is -0.334 e. The maximum absolute atomic E-state index is 13.3. The topological polar surface area (TPSA) is 35.6 Å². The molecule has 24 heavy (non-hydrogen) atoms. The van der Waals surface area contributed by atoms with E-state index in [9.17, 15) is 9.18 Å². The summed E-state index contributed by atoms with van der Waals surface area (Å²) in [5.41, 5.74) is 1.08. The van der Waals surface area contributed by atoms with E-state index in [2.05, 4.69) is 15.1 Å². The third-order valence-electron chi connectivity index (χ3n) is 5.86. The molecule has 3 atom stereocenters. The molecule has 4 rings (SSSR count). The van der Waals surface area contributed by atoms with Gasteiger partial charge in [-0.2, -0.15) is 0 Å². The zero-order valence-electron chi connectivity index (χ0n) is 14.1. The monoisotopic (exact) mass is 331 g/mol. The Hall–Kier alpha value is -1.46. The van der Waals surface area contributed by atoms with Crippen LogP contribution in [0, 0.1) is 5.82 Å². The number of carbonyl (C=O) groups is 1. The van der Waals surface area contributed by atoms with E-state index in [4.69, 9.17) is 0 Å². The molecule has 3 saturated heterocycles. The number of nitrogens with one attached hydrogen (secondary N) is 1. The highest BCUT2D eigenvalue weighted by Crippen LogP contribution is 2.31. The molecule has 5 heteroatoms. The Morgan fingerprint density at radius 1 is 1.12 bits per heavy atom. The SMILES string of the molecule is O=C(C1CCCN1Cc1ccc(F)cc1)N1C2CCNCC1CC2. The normalized spacial score (nSPS) is 30.5. The van der Waals surface area contributed by atoms with Gasteiger partial charge >= 0.3 is 0 Å². The van der Waals surface area contributed by atoms with Crippen LogP contribution in [0.3, 0.4) is 0 Å². The average Bonchev–Trinajstić information content (AvgIpc) is 3.12. The highest BCUT2D eigenvalue weighted by atomic mass is 19.1. The van der Waals surface area contributed by atoms with Crippen LogP contribution < -0.4 is 5.32 Å². The first-order valence-corrected chi connectivity index (χ1v) is 9.24. The summed E-state index contributed by atoms with van der Waals surface area (Å²) in [4.78, 5) is 17.8. The number of rotatable bonds is 3. The van der Waals surface area contributed by atoms with Gasteiger partial charge in [-0.15, -0.1) is 0 Å². The molecule has 2 bridgehead atoms. The van der Waals surface area contributed by atoms with Gasteiger partial charge in [0, 0.05) is 25.2 Å². The third-order valence-corrected chi connectivity index (χ3v) is 5.86. The molecule has 3 fully saturated rings. The highest BCUT2D eigenvalue weighted by molar-refractivity contribution is 5.83. The van der Waals surface area contributed by atoms with E-state index in [-0.39, 0.29) is 11.9 Å². The fraction of sp³-hybridized carbons (Fsp3) is 0.632. The van der Waals surface area contributed by atoms with Crippen LogP contribution in [0.15, 0.2) is 24.3 Å². The number of halogens is 1. The van der Waals surface area contributed by atoms with Gasteiger partial charge in [-0.25, -0.2) is 4.39 Å². The molecule has 0 saturated carbocycles. The van der Waals surface area contributed by atoms with E-state index in [0.29, 0.717) is 18.0 Å². The van der Waals surface area contributed by atoms with Crippen LogP contribution in [0.4, 0.5) is 4.39 Å². The molecule has 0 radical (unpaired) electrons. The average molecular weight is 331 g/mol. The molecule has 3 unspecified atom stereocenters. The molecule has 1 aromatic rings. The minimum atomic E-state index is -0.207. The van der Waals surface area contributed by atoms with Gasteiger partial charge in [0.2, 0.25) is 5.91 Å². The van der Waals surface area contributed by atoms with Crippen molar-refractivity contribution in [3.8, 4) is 0 Å². The van der Waals surface area contributed by atoms with Gasteiger partial charge in [-0.1, -0.05) is 12.1 Å². The first-order chi connectivity index (χ1) is 11.7. The van der Waals surface area contributed by atoms with E-state index in [0.717, 1.165) is 63.8 Å². The molecule has 1 N–H and O–H groups in total. The van der Waals surface area contributed by atoms with Gasteiger partial charge in [0.05, 0.1) is 6.04 Å². The van der Waals surface area contributed by atoms with Crippen LogP contribution >= 0.6 is 0 Å². The van der Waals surface area contributed by atoms with E-state index in [1.54, 1.807) is 0 Å². The predicted molar refractivity (Wildman–Crippen MR) is 91.0 cm³/mol. The van der Waals surface area contributed by atoms with Crippen molar-refractivity contribution >= 4 is 5.91 Å². The van der Waals surface area contributed by atoms with Crippen LogP contribution in [-0.2, 0) is 11.3 Å². The Kier molecular flexibility index (Phi) is 4.55. The molecular formula is C19H26FN3O. The summed E-state index contributed by atoms with van der Waals surface area (Å²) < 4.78 is 13.1. The largest absolute Gasteiger partial charge is 0.334 e. The molecule has 3 aliphatic rings. The number of benzene rings is 1. The molecular weight excluding hydrogens is 305 g/mol. The fourth-order valence-electron chi connectivity index (χ4n) is 4.63. The smallest absolute Gasteiger partial charge is 0.240 e. The van der Waals surface area contributed by atoms with Crippen LogP contribution in [0.1, 0.15) is 37.7 Å². The Morgan fingerprint density at radius 2 is 1.92 bits per heavy atom. The number of hydrogen-bond acceptors (Lipinski definition) is 3. The zero-order valence-corrected chi connectivity index (χ0v) is 14.1. The lowest BCUT2D eigenvalue weighted by atomic mass is 10.1. The van der Waals surface area contributed by atoms with Crippen molar-refractivity contribution in [2.24, 2.45) is 0 Å². The number of carbonyl (C=O) groups excluding carboxylic acids is 1. The molecule has 1 amide bonds. The van der Waals surface area contributed by atoms with Crippen LogP contribution in [-0.4, -0.2) is 53.5 Å². The summed E-state index contributed by atoms with van der Waals surface area (Å²) in [6, 6.07) is 7.45. The second-order valence-electron chi connectivity index (χ2n) is 7.38. The number of fused-ring (bicyclic) bond motifs is 2. The first kappa shape index (κ1) is 16.0. The summed E-state index contributed by atoms with van der Waals surface area (Å²) in [7, 11) is 0. The second-order valence-corrected chi connectivity index (χ2v) is 7.38. The van der Waals surface area contributed by atoms with Crippen molar-refractivity contribution in [1.29, 1.82) is 0 Å². The third kappa shape index (κ3) is 3.07. The summed E-state index contributed by atoms with van der Waals surface area (Å²) in [5.74, 6) is 0.118. The second kappa shape index (κ2) is 6.81. The predicted octanol–water partition coefficient (Wildman–Crippen LogP) is 2.14. The van der Waals surface area contributed by atoms with Crippen LogP contribution in [0.5, 0.6) is 0 Å². The van der Waals surface area contributed by atoms with Crippen molar-refractivity contribution < 1.29 is 9.18 Å². The van der Waals surface area contributed by atoms with E-state index >= 15 is 0 Å². The lowest BCUT2D eigenvalue weighted by Crippen LogP contribution is -2.50. The Labute approximate surface area is 143 Å². The first-order valence-electron chi connectivity index (χ1n) is 9.24. The summed E-state index contributed by atoms with van der Waals surface area (Å²) in [5, 5.41) is 3.47. The van der Waals surface area contributed by atoms with E-state index < -0.39 is 0 Å². The lowest BCUT2D eigenvalue weighted by Gasteiger charge is -2.33. The number of nitrogens with zero attached hydrogens (tertiary/aromatic N) is 2. The van der Waals surface area contributed by atoms with Crippen molar-refractivity contribution in [1.82, 2.24) is 15.1 Å². The van der Waals surface area contributed by atoms with Crippen LogP contribution in [0.25, 0.3) is 0 Å². The summed E-state index contributed by atoms with van der Waals surface area (Å²) in [6.07, 6.45) is 5.38. The van der Waals surface area contributed by atoms with Gasteiger partial charge in [0.25, 0.3) is 0 Å². The summed E-state index contributed by atoms with van der Waals surface area (Å²) >= 11 is 0. The van der Waals surface area contributed by atoms with Gasteiger partial charge in [-0.05, 0) is 62.9 Å². The van der Waals surface area contributed by atoms with Gasteiger partial charge in [0.1, 0.15) is 5.82 Å². The van der Waals surface area contributed by atoms with Crippen molar-refractivity contribution in [2.45, 2.75) is 56.8 Å². The van der Waals surface area contributed by atoms with Crippen molar-refractivity contribution in [3.63, 3.8) is 0 Å².